The molecule has 0 radical (unpaired) electrons. The zero-order valence-electron chi connectivity index (χ0n) is 11.6. The lowest BCUT2D eigenvalue weighted by atomic mass is 10.1. The highest BCUT2D eigenvalue weighted by Crippen LogP contribution is 2.32. The molecule has 19 heavy (non-hydrogen) atoms. The Hall–Kier alpha value is -1.32. The van der Waals surface area contributed by atoms with Crippen LogP contribution in [0.1, 0.15) is 40.3 Å². The van der Waals surface area contributed by atoms with Gasteiger partial charge in [0, 0.05) is 9.75 Å². The van der Waals surface area contributed by atoms with Crippen molar-refractivity contribution < 1.29 is 9.84 Å². The van der Waals surface area contributed by atoms with Gasteiger partial charge in [-0.2, -0.15) is 0 Å². The van der Waals surface area contributed by atoms with Crippen molar-refractivity contribution in [2.24, 2.45) is 0 Å². The average Bonchev–Trinajstić information content (AvgIpc) is 2.75. The predicted molar refractivity (Wildman–Crippen MR) is 80.1 cm³/mol. The molecule has 1 N–H and O–H groups in total. The molecule has 1 aromatic carbocycles. The first-order chi connectivity index (χ1) is 9.11. The minimum Gasteiger partial charge on any atom is -0.494 e. The molecule has 3 heteroatoms. The van der Waals surface area contributed by atoms with Crippen molar-refractivity contribution in [3.63, 3.8) is 0 Å². The molecule has 1 atom stereocenters. The summed E-state index contributed by atoms with van der Waals surface area (Å²) in [6, 6.07) is 9.84. The fourth-order valence-corrected chi connectivity index (χ4v) is 3.13. The van der Waals surface area contributed by atoms with Gasteiger partial charge in [0.25, 0.3) is 0 Å². The lowest BCUT2D eigenvalue weighted by molar-refractivity contribution is 0.222. The molecule has 102 valence electrons. The van der Waals surface area contributed by atoms with Gasteiger partial charge in [-0.25, -0.2) is 0 Å². The van der Waals surface area contributed by atoms with Crippen LogP contribution in [0, 0.1) is 13.8 Å². The van der Waals surface area contributed by atoms with Gasteiger partial charge in [-0.1, -0.05) is 19.1 Å². The minimum atomic E-state index is -0.566. The maximum Gasteiger partial charge on any atom is 0.119 e. The van der Waals surface area contributed by atoms with Gasteiger partial charge in [-0.3, -0.25) is 0 Å². The summed E-state index contributed by atoms with van der Waals surface area (Å²) >= 11 is 1.65. The van der Waals surface area contributed by atoms with E-state index >= 15 is 0 Å². The average molecular weight is 276 g/mol. The normalized spacial score (nSPS) is 12.4. The molecule has 0 fully saturated rings. The number of ether oxygens (including phenoxy) is 1. The van der Waals surface area contributed by atoms with E-state index in [1.165, 1.54) is 4.88 Å². The molecule has 1 aromatic heterocycles. The summed E-state index contributed by atoms with van der Waals surface area (Å²) in [7, 11) is 0. The summed E-state index contributed by atoms with van der Waals surface area (Å²) in [6.07, 6.45) is 0.416. The number of thiophene rings is 1. The van der Waals surface area contributed by atoms with Crippen molar-refractivity contribution in [2.75, 3.05) is 6.61 Å². The molecule has 2 aromatic rings. The first-order valence-electron chi connectivity index (χ1n) is 6.59. The summed E-state index contributed by atoms with van der Waals surface area (Å²) in [6.45, 7) is 6.89. The lowest BCUT2D eigenvalue weighted by Gasteiger charge is -2.12. The van der Waals surface area contributed by atoms with Crippen molar-refractivity contribution in [1.82, 2.24) is 0 Å². The van der Waals surface area contributed by atoms with Crippen molar-refractivity contribution in [1.29, 1.82) is 0 Å². The molecule has 0 spiro atoms. The molecule has 0 aliphatic rings. The first kappa shape index (κ1) is 14.1. The second-order valence-corrected chi connectivity index (χ2v) is 6.02. The topological polar surface area (TPSA) is 29.5 Å². The van der Waals surface area contributed by atoms with E-state index in [1.807, 2.05) is 31.2 Å². The van der Waals surface area contributed by atoms with Gasteiger partial charge >= 0.3 is 0 Å². The summed E-state index contributed by atoms with van der Waals surface area (Å²) in [4.78, 5) is 2.25. The highest BCUT2D eigenvalue weighted by atomic mass is 32.1. The number of rotatable bonds is 5. The Kier molecular flexibility index (Phi) is 4.61. The molecule has 0 bridgehead atoms. The van der Waals surface area contributed by atoms with Gasteiger partial charge in [-0.05, 0) is 49.6 Å². The van der Waals surface area contributed by atoms with E-state index in [4.69, 9.17) is 4.74 Å². The quantitative estimate of drug-likeness (QED) is 0.885. The fraction of sp³-hybridized carbons (Fsp3) is 0.375. The highest BCUT2D eigenvalue weighted by Gasteiger charge is 2.16. The Balaban J connectivity index is 2.23. The van der Waals surface area contributed by atoms with Crippen molar-refractivity contribution >= 4 is 11.3 Å². The van der Waals surface area contributed by atoms with E-state index in [-0.39, 0.29) is 0 Å². The minimum absolute atomic E-state index is 0.566. The van der Waals surface area contributed by atoms with E-state index in [1.54, 1.807) is 11.3 Å². The van der Waals surface area contributed by atoms with Crippen LogP contribution in [0.5, 0.6) is 5.75 Å². The van der Waals surface area contributed by atoms with Crippen molar-refractivity contribution in [3.8, 4) is 5.75 Å². The zero-order chi connectivity index (χ0) is 13.8. The number of benzene rings is 1. The third-order valence-corrected chi connectivity index (χ3v) is 4.18. The number of hydrogen-bond donors (Lipinski definition) is 1. The third kappa shape index (κ3) is 3.37. The summed E-state index contributed by atoms with van der Waals surface area (Å²) in [5, 5.41) is 10.5. The first-order valence-corrected chi connectivity index (χ1v) is 7.41. The maximum atomic E-state index is 10.5. The lowest BCUT2D eigenvalue weighted by Crippen LogP contribution is -2.00. The smallest absolute Gasteiger partial charge is 0.119 e. The molecule has 0 aliphatic heterocycles. The summed E-state index contributed by atoms with van der Waals surface area (Å²) in [5.41, 5.74) is 2.04. The molecule has 0 saturated carbocycles. The van der Waals surface area contributed by atoms with Crippen LogP contribution >= 0.6 is 11.3 Å². The van der Waals surface area contributed by atoms with Gasteiger partial charge in [0.15, 0.2) is 0 Å². The highest BCUT2D eigenvalue weighted by molar-refractivity contribution is 7.12. The molecular formula is C16H20O2S. The van der Waals surface area contributed by atoms with E-state index in [9.17, 15) is 5.11 Å². The third-order valence-electron chi connectivity index (χ3n) is 2.97. The number of aliphatic hydroxyl groups is 1. The molecule has 0 amide bonds. The van der Waals surface area contributed by atoms with Crippen LogP contribution in [0.2, 0.25) is 0 Å². The van der Waals surface area contributed by atoms with Crippen LogP contribution in [-0.2, 0) is 0 Å². The summed E-state index contributed by atoms with van der Waals surface area (Å²) < 4.78 is 5.61. The van der Waals surface area contributed by atoms with E-state index < -0.39 is 6.10 Å². The molecule has 1 unspecified atom stereocenters. The number of aryl methyl sites for hydroxylation is 2. The Morgan fingerprint density at radius 1 is 1.26 bits per heavy atom. The van der Waals surface area contributed by atoms with Gasteiger partial charge in [0.1, 0.15) is 11.9 Å². The molecule has 0 aliphatic carbocycles. The number of hydrogen-bond acceptors (Lipinski definition) is 3. The second kappa shape index (κ2) is 6.22. The van der Waals surface area contributed by atoms with Crippen LogP contribution in [-0.4, -0.2) is 11.7 Å². The van der Waals surface area contributed by atoms with Gasteiger partial charge in [0.2, 0.25) is 0 Å². The SMILES string of the molecule is CCCOc1cccc(C(O)c2sc(C)cc2C)c1. The Morgan fingerprint density at radius 2 is 2.05 bits per heavy atom. The maximum absolute atomic E-state index is 10.5. The van der Waals surface area contributed by atoms with Crippen LogP contribution < -0.4 is 4.74 Å². The monoisotopic (exact) mass is 276 g/mol. The van der Waals surface area contributed by atoms with Crippen LogP contribution in [0.25, 0.3) is 0 Å². The van der Waals surface area contributed by atoms with Crippen LogP contribution in [0.3, 0.4) is 0 Å². The van der Waals surface area contributed by atoms with Gasteiger partial charge < -0.3 is 9.84 Å². The molecule has 2 rings (SSSR count). The Morgan fingerprint density at radius 3 is 2.68 bits per heavy atom. The predicted octanol–water partition coefficient (Wildman–Crippen LogP) is 4.24. The van der Waals surface area contributed by atoms with Gasteiger partial charge in [0.05, 0.1) is 6.61 Å². The van der Waals surface area contributed by atoms with E-state index in [0.29, 0.717) is 6.61 Å². The zero-order valence-corrected chi connectivity index (χ0v) is 12.5. The largest absolute Gasteiger partial charge is 0.494 e. The van der Waals surface area contributed by atoms with Gasteiger partial charge in [-0.15, -0.1) is 11.3 Å². The van der Waals surface area contributed by atoms with Crippen molar-refractivity contribution in [3.05, 3.63) is 51.2 Å². The Bertz CT molecular complexity index is 545. The molecule has 1 heterocycles. The number of aliphatic hydroxyl groups excluding tert-OH is 1. The van der Waals surface area contributed by atoms with Crippen molar-refractivity contribution in [2.45, 2.75) is 33.3 Å². The van der Waals surface area contributed by atoms with E-state index in [0.717, 1.165) is 28.2 Å². The van der Waals surface area contributed by atoms with Crippen LogP contribution in [0.15, 0.2) is 30.3 Å². The molecule has 0 saturated heterocycles. The molecule has 2 nitrogen and oxygen atoms in total. The van der Waals surface area contributed by atoms with Crippen LogP contribution in [0.4, 0.5) is 0 Å². The standard InChI is InChI=1S/C16H20O2S/c1-4-8-18-14-7-5-6-13(10-14)15(17)16-11(2)9-12(3)19-16/h5-7,9-10,15,17H,4,8H2,1-3H3. The fourth-order valence-electron chi connectivity index (χ4n) is 2.08. The summed E-state index contributed by atoms with van der Waals surface area (Å²) in [5.74, 6) is 0.823. The molecular weight excluding hydrogens is 256 g/mol. The Labute approximate surface area is 118 Å². The van der Waals surface area contributed by atoms with E-state index in [2.05, 4.69) is 19.9 Å². The second-order valence-electron chi connectivity index (χ2n) is 4.73.